The number of anilines is 1. The van der Waals surface area contributed by atoms with Gasteiger partial charge < -0.3 is 10.0 Å². The van der Waals surface area contributed by atoms with Gasteiger partial charge in [-0.25, -0.2) is 9.78 Å². The van der Waals surface area contributed by atoms with Crippen molar-refractivity contribution in [1.29, 1.82) is 0 Å². The molecular formula is C11H10N4O6. The van der Waals surface area contributed by atoms with Crippen molar-refractivity contribution >= 4 is 29.3 Å². The maximum absolute atomic E-state index is 11.6. The first kappa shape index (κ1) is 14.4. The van der Waals surface area contributed by atoms with Gasteiger partial charge in [-0.3, -0.25) is 25.0 Å². The minimum Gasteiger partial charge on any atom is -0.478 e. The lowest BCUT2D eigenvalue weighted by molar-refractivity contribution is -0.385. The normalized spacial score (nSPS) is 18.3. The number of pyridine rings is 1. The molecule has 0 spiro atoms. The van der Waals surface area contributed by atoms with Gasteiger partial charge in [-0.2, -0.15) is 0 Å². The zero-order valence-electron chi connectivity index (χ0n) is 10.8. The Morgan fingerprint density at radius 3 is 2.81 bits per heavy atom. The molecule has 0 saturated carbocycles. The Bertz CT molecular complexity index is 658. The van der Waals surface area contributed by atoms with Crippen LogP contribution in [0.25, 0.3) is 0 Å². The predicted molar refractivity (Wildman–Crippen MR) is 67.8 cm³/mol. The third kappa shape index (κ3) is 2.63. The van der Waals surface area contributed by atoms with Gasteiger partial charge in [0, 0.05) is 6.07 Å². The Labute approximate surface area is 117 Å². The summed E-state index contributed by atoms with van der Waals surface area (Å²) in [5.41, 5.74) is -0.935. The number of imide groups is 1. The summed E-state index contributed by atoms with van der Waals surface area (Å²) >= 11 is 0. The Morgan fingerprint density at radius 1 is 1.57 bits per heavy atom. The van der Waals surface area contributed by atoms with Gasteiger partial charge in [0.2, 0.25) is 11.8 Å². The van der Waals surface area contributed by atoms with Crippen LogP contribution in [-0.2, 0) is 9.59 Å². The van der Waals surface area contributed by atoms with Gasteiger partial charge in [0.25, 0.3) is 5.69 Å². The van der Waals surface area contributed by atoms with Crippen molar-refractivity contribution in [3.63, 3.8) is 0 Å². The van der Waals surface area contributed by atoms with Crippen LogP contribution in [0.1, 0.15) is 17.3 Å². The number of amides is 2. The van der Waals surface area contributed by atoms with Gasteiger partial charge in [0.15, 0.2) is 0 Å². The fraction of sp³-hybridized carbons (Fsp3) is 0.273. The number of rotatable bonds is 3. The van der Waals surface area contributed by atoms with Crippen molar-refractivity contribution in [2.45, 2.75) is 13.0 Å². The average Bonchev–Trinajstić information content (AvgIpc) is 2.42. The van der Waals surface area contributed by atoms with Gasteiger partial charge in [0.05, 0.1) is 11.5 Å². The number of carbonyl (C=O) groups excluding carboxylic acids is 2. The van der Waals surface area contributed by atoms with Crippen LogP contribution in [-0.4, -0.2) is 45.4 Å². The number of nitrogens with zero attached hydrogens (tertiary/aromatic N) is 3. The monoisotopic (exact) mass is 294 g/mol. The van der Waals surface area contributed by atoms with E-state index in [1.807, 2.05) is 0 Å². The molecule has 0 bridgehead atoms. The zero-order valence-corrected chi connectivity index (χ0v) is 10.8. The Balaban J connectivity index is 2.52. The maximum Gasteiger partial charge on any atom is 0.339 e. The van der Waals surface area contributed by atoms with E-state index in [2.05, 4.69) is 10.3 Å². The molecule has 1 aliphatic heterocycles. The molecule has 1 atom stereocenters. The maximum atomic E-state index is 11.6. The van der Waals surface area contributed by atoms with E-state index in [0.717, 1.165) is 12.3 Å². The van der Waals surface area contributed by atoms with Gasteiger partial charge in [0.1, 0.15) is 23.6 Å². The lowest BCUT2D eigenvalue weighted by atomic mass is 10.1. The molecule has 21 heavy (non-hydrogen) atoms. The molecule has 1 aromatic heterocycles. The second-order valence-corrected chi connectivity index (χ2v) is 4.34. The SMILES string of the molecule is CC1C(=O)NC(=O)CN1c1ncc([N+](=O)[O-])cc1C(=O)O. The summed E-state index contributed by atoms with van der Waals surface area (Å²) in [6, 6.07) is 0.0173. The molecular weight excluding hydrogens is 284 g/mol. The standard InChI is InChI=1S/C11H10N4O6/c1-5-10(17)13-8(16)4-14(5)9-7(11(18)19)2-6(3-12-9)15(20)21/h2-3,5H,4H2,1H3,(H,18,19)(H,13,16,17). The molecule has 1 fully saturated rings. The van der Waals surface area contributed by atoms with E-state index < -0.39 is 40.0 Å². The van der Waals surface area contributed by atoms with E-state index >= 15 is 0 Å². The lowest BCUT2D eigenvalue weighted by Gasteiger charge is -2.33. The van der Waals surface area contributed by atoms with Crippen LogP contribution in [0, 0.1) is 10.1 Å². The summed E-state index contributed by atoms with van der Waals surface area (Å²) < 4.78 is 0. The number of carboxylic acid groups (broad SMARTS) is 1. The number of hydrogen-bond donors (Lipinski definition) is 2. The van der Waals surface area contributed by atoms with Gasteiger partial charge in [-0.1, -0.05) is 0 Å². The number of nitro groups is 1. The lowest BCUT2D eigenvalue weighted by Crippen LogP contribution is -2.57. The molecule has 1 saturated heterocycles. The molecule has 1 aliphatic rings. The number of nitrogens with one attached hydrogen (secondary N) is 1. The van der Waals surface area contributed by atoms with Crippen LogP contribution in [0.2, 0.25) is 0 Å². The Hall–Kier alpha value is -3.04. The quantitative estimate of drug-likeness (QED) is 0.433. The molecule has 0 radical (unpaired) electrons. The van der Waals surface area contributed by atoms with Crippen molar-refractivity contribution in [2.75, 3.05) is 11.4 Å². The van der Waals surface area contributed by atoms with E-state index in [4.69, 9.17) is 5.11 Å². The van der Waals surface area contributed by atoms with Crippen molar-refractivity contribution in [3.8, 4) is 0 Å². The third-order valence-corrected chi connectivity index (χ3v) is 2.99. The Kier molecular flexibility index (Phi) is 3.52. The first-order valence-corrected chi connectivity index (χ1v) is 5.79. The topological polar surface area (TPSA) is 143 Å². The predicted octanol–water partition coefficient (Wildman–Crippen LogP) is -0.461. The van der Waals surface area contributed by atoms with E-state index in [0.29, 0.717) is 0 Å². The molecule has 1 aromatic rings. The van der Waals surface area contributed by atoms with E-state index in [1.165, 1.54) is 11.8 Å². The highest BCUT2D eigenvalue weighted by atomic mass is 16.6. The number of piperazine rings is 1. The minimum atomic E-state index is -1.44. The average molecular weight is 294 g/mol. The molecule has 2 rings (SSSR count). The number of hydrogen-bond acceptors (Lipinski definition) is 7. The number of carbonyl (C=O) groups is 3. The highest BCUT2D eigenvalue weighted by Crippen LogP contribution is 2.25. The van der Waals surface area contributed by atoms with Crippen LogP contribution in [0.4, 0.5) is 11.5 Å². The summed E-state index contributed by atoms with van der Waals surface area (Å²) in [6.45, 7) is 1.20. The zero-order chi connectivity index (χ0) is 15.7. The summed E-state index contributed by atoms with van der Waals surface area (Å²) in [4.78, 5) is 49.0. The second-order valence-electron chi connectivity index (χ2n) is 4.34. The molecule has 2 heterocycles. The van der Waals surface area contributed by atoms with Gasteiger partial charge >= 0.3 is 5.97 Å². The van der Waals surface area contributed by atoms with Crippen molar-refractivity contribution in [3.05, 3.63) is 27.9 Å². The van der Waals surface area contributed by atoms with Crippen molar-refractivity contribution in [1.82, 2.24) is 10.3 Å². The van der Waals surface area contributed by atoms with Crippen LogP contribution < -0.4 is 10.2 Å². The molecule has 110 valence electrons. The van der Waals surface area contributed by atoms with Crippen LogP contribution in [0.3, 0.4) is 0 Å². The molecule has 10 nitrogen and oxygen atoms in total. The molecule has 0 aromatic carbocycles. The van der Waals surface area contributed by atoms with E-state index in [1.54, 1.807) is 0 Å². The summed E-state index contributed by atoms with van der Waals surface area (Å²) in [5.74, 6) is -2.80. The highest BCUT2D eigenvalue weighted by molar-refractivity contribution is 6.05. The van der Waals surface area contributed by atoms with Crippen LogP contribution in [0.15, 0.2) is 12.3 Å². The van der Waals surface area contributed by atoms with Crippen molar-refractivity contribution in [2.24, 2.45) is 0 Å². The first-order chi connectivity index (χ1) is 9.81. The summed E-state index contributed by atoms with van der Waals surface area (Å²) in [6.07, 6.45) is 0.880. The molecule has 2 amide bonds. The minimum absolute atomic E-state index is 0.163. The van der Waals surface area contributed by atoms with Crippen LogP contribution in [0.5, 0.6) is 0 Å². The fourth-order valence-electron chi connectivity index (χ4n) is 1.91. The summed E-state index contributed by atoms with van der Waals surface area (Å²) in [5, 5.41) is 21.9. The first-order valence-electron chi connectivity index (χ1n) is 5.79. The van der Waals surface area contributed by atoms with Gasteiger partial charge in [-0.15, -0.1) is 0 Å². The van der Waals surface area contributed by atoms with Gasteiger partial charge in [-0.05, 0) is 6.92 Å². The van der Waals surface area contributed by atoms with E-state index in [9.17, 15) is 24.5 Å². The third-order valence-electron chi connectivity index (χ3n) is 2.99. The largest absolute Gasteiger partial charge is 0.478 e. The highest BCUT2D eigenvalue weighted by Gasteiger charge is 2.34. The Morgan fingerprint density at radius 2 is 2.24 bits per heavy atom. The number of aromatic nitrogens is 1. The fourth-order valence-corrected chi connectivity index (χ4v) is 1.91. The number of aromatic carboxylic acids is 1. The second kappa shape index (κ2) is 5.15. The number of carboxylic acids is 1. The molecule has 0 aliphatic carbocycles. The summed E-state index contributed by atoms with van der Waals surface area (Å²) in [7, 11) is 0. The molecule has 1 unspecified atom stereocenters. The molecule has 10 heteroatoms. The molecule has 2 N–H and O–H groups in total. The van der Waals surface area contributed by atoms with E-state index in [-0.39, 0.29) is 12.4 Å². The van der Waals surface area contributed by atoms with Crippen molar-refractivity contribution < 1.29 is 24.4 Å². The van der Waals surface area contributed by atoms with Crippen LogP contribution >= 0.6 is 0 Å². The smallest absolute Gasteiger partial charge is 0.339 e.